The van der Waals surface area contributed by atoms with E-state index in [1.807, 2.05) is 25.2 Å². The van der Waals surface area contributed by atoms with Gasteiger partial charge in [-0.2, -0.15) is 0 Å². The Morgan fingerprint density at radius 3 is 2.79 bits per heavy atom. The van der Waals surface area contributed by atoms with E-state index in [9.17, 15) is 0 Å². The lowest BCUT2D eigenvalue weighted by Gasteiger charge is -2.17. The first kappa shape index (κ1) is 12.1. The van der Waals surface area contributed by atoms with Crippen LogP contribution in [0.1, 0.15) is 6.42 Å². The Labute approximate surface area is 113 Å². The summed E-state index contributed by atoms with van der Waals surface area (Å²) in [5.74, 6) is 1.02. The fraction of sp³-hybridized carbons (Fsp3) is 0.333. The van der Waals surface area contributed by atoms with Gasteiger partial charge in [-0.1, -0.05) is 30.3 Å². The predicted octanol–water partition coefficient (Wildman–Crippen LogP) is 1.94. The molecule has 0 aliphatic carbocycles. The average Bonchev–Trinajstić information content (AvgIpc) is 2.97. The number of nitrogens with one attached hydrogen (secondary N) is 1. The van der Waals surface area contributed by atoms with Gasteiger partial charge in [-0.3, -0.25) is 0 Å². The molecule has 4 nitrogen and oxygen atoms in total. The van der Waals surface area contributed by atoms with Crippen molar-refractivity contribution in [2.45, 2.75) is 12.5 Å². The Bertz CT molecular complexity index is 541. The summed E-state index contributed by atoms with van der Waals surface area (Å²) in [6, 6.07) is 12.9. The zero-order valence-electron chi connectivity index (χ0n) is 11.1. The Kier molecular flexibility index (Phi) is 3.42. The maximum Gasteiger partial charge on any atom is 0.132 e. The van der Waals surface area contributed by atoms with E-state index in [-0.39, 0.29) is 0 Å². The third-order valence-corrected chi connectivity index (χ3v) is 3.64. The molecule has 19 heavy (non-hydrogen) atoms. The highest BCUT2D eigenvalue weighted by atomic mass is 15.2. The lowest BCUT2D eigenvalue weighted by Crippen LogP contribution is -2.29. The molecule has 1 aliphatic heterocycles. The molecular weight excluding hydrogens is 236 g/mol. The Morgan fingerprint density at radius 2 is 2.05 bits per heavy atom. The van der Waals surface area contributed by atoms with Crippen LogP contribution in [0.5, 0.6) is 0 Å². The largest absolute Gasteiger partial charge is 0.355 e. The lowest BCUT2D eigenvalue weighted by atomic mass is 10.1. The van der Waals surface area contributed by atoms with Gasteiger partial charge in [0.15, 0.2) is 0 Å². The van der Waals surface area contributed by atoms with Gasteiger partial charge in [0.1, 0.15) is 12.1 Å². The molecular formula is C15H18N4. The van der Waals surface area contributed by atoms with E-state index >= 15 is 0 Å². The molecule has 0 spiro atoms. The summed E-state index contributed by atoms with van der Waals surface area (Å²) in [5, 5.41) is 3.32. The highest BCUT2D eigenvalue weighted by molar-refractivity contribution is 5.62. The molecule has 3 rings (SSSR count). The minimum absolute atomic E-state index is 0.565. The Morgan fingerprint density at radius 1 is 1.21 bits per heavy atom. The second-order valence-corrected chi connectivity index (χ2v) is 4.85. The van der Waals surface area contributed by atoms with Crippen LogP contribution in [0, 0.1) is 0 Å². The quantitative estimate of drug-likeness (QED) is 0.909. The number of rotatable bonds is 3. The van der Waals surface area contributed by atoms with Crippen LogP contribution >= 0.6 is 0 Å². The second kappa shape index (κ2) is 5.36. The van der Waals surface area contributed by atoms with Crippen molar-refractivity contribution in [2.24, 2.45) is 0 Å². The topological polar surface area (TPSA) is 41.0 Å². The number of benzene rings is 1. The minimum atomic E-state index is 0.565. The van der Waals surface area contributed by atoms with Crippen LogP contribution in [-0.4, -0.2) is 36.1 Å². The van der Waals surface area contributed by atoms with Gasteiger partial charge in [0, 0.05) is 30.8 Å². The molecule has 98 valence electrons. The minimum Gasteiger partial charge on any atom is -0.355 e. The summed E-state index contributed by atoms with van der Waals surface area (Å²) in [6.45, 7) is 2.07. The van der Waals surface area contributed by atoms with Gasteiger partial charge in [-0.05, 0) is 13.5 Å². The normalized spacial score (nSPS) is 18.8. The van der Waals surface area contributed by atoms with Crippen LogP contribution in [-0.2, 0) is 0 Å². The van der Waals surface area contributed by atoms with Crippen molar-refractivity contribution >= 4 is 5.82 Å². The molecule has 0 saturated carbocycles. The van der Waals surface area contributed by atoms with E-state index < -0.39 is 0 Å². The van der Waals surface area contributed by atoms with E-state index in [0.717, 1.165) is 30.2 Å². The highest BCUT2D eigenvalue weighted by Crippen LogP contribution is 2.22. The van der Waals surface area contributed by atoms with Crippen molar-refractivity contribution in [2.75, 3.05) is 25.0 Å². The van der Waals surface area contributed by atoms with E-state index in [1.165, 1.54) is 6.42 Å². The van der Waals surface area contributed by atoms with Gasteiger partial charge in [-0.25, -0.2) is 9.97 Å². The van der Waals surface area contributed by atoms with Crippen LogP contribution in [0.15, 0.2) is 42.7 Å². The van der Waals surface area contributed by atoms with E-state index in [2.05, 4.69) is 38.4 Å². The van der Waals surface area contributed by atoms with E-state index in [1.54, 1.807) is 6.33 Å². The summed E-state index contributed by atoms with van der Waals surface area (Å²) < 4.78 is 0. The van der Waals surface area contributed by atoms with Crippen LogP contribution in [0.4, 0.5) is 5.82 Å². The first-order valence-corrected chi connectivity index (χ1v) is 6.66. The van der Waals surface area contributed by atoms with E-state index in [0.29, 0.717) is 6.04 Å². The number of nitrogens with zero attached hydrogens (tertiary/aromatic N) is 3. The van der Waals surface area contributed by atoms with Gasteiger partial charge in [-0.15, -0.1) is 0 Å². The van der Waals surface area contributed by atoms with Crippen LogP contribution in [0.2, 0.25) is 0 Å². The summed E-state index contributed by atoms with van der Waals surface area (Å²) in [6.07, 6.45) is 2.82. The van der Waals surface area contributed by atoms with Crippen LogP contribution < -0.4 is 10.2 Å². The van der Waals surface area contributed by atoms with Crippen LogP contribution in [0.25, 0.3) is 11.3 Å². The van der Waals surface area contributed by atoms with Crippen molar-refractivity contribution in [3.63, 3.8) is 0 Å². The molecule has 1 saturated heterocycles. The zero-order valence-corrected chi connectivity index (χ0v) is 11.1. The third-order valence-electron chi connectivity index (χ3n) is 3.64. The third kappa shape index (κ3) is 2.58. The molecule has 0 radical (unpaired) electrons. The summed E-state index contributed by atoms with van der Waals surface area (Å²) in [7, 11) is 2.02. The maximum atomic E-state index is 4.40. The Balaban J connectivity index is 1.85. The van der Waals surface area contributed by atoms with Gasteiger partial charge in [0.25, 0.3) is 0 Å². The zero-order chi connectivity index (χ0) is 13.1. The van der Waals surface area contributed by atoms with Crippen molar-refractivity contribution in [1.82, 2.24) is 15.3 Å². The molecule has 2 aromatic rings. The van der Waals surface area contributed by atoms with E-state index in [4.69, 9.17) is 0 Å². The molecule has 1 N–H and O–H groups in total. The smallest absolute Gasteiger partial charge is 0.132 e. The molecule has 1 atom stereocenters. The second-order valence-electron chi connectivity index (χ2n) is 4.85. The number of anilines is 1. The maximum absolute atomic E-state index is 4.40. The van der Waals surface area contributed by atoms with Gasteiger partial charge >= 0.3 is 0 Å². The fourth-order valence-electron chi connectivity index (χ4n) is 2.49. The molecule has 0 bridgehead atoms. The molecule has 1 aromatic carbocycles. The fourth-order valence-corrected chi connectivity index (χ4v) is 2.49. The molecule has 2 heterocycles. The number of hydrogen-bond donors (Lipinski definition) is 1. The van der Waals surface area contributed by atoms with Crippen molar-refractivity contribution in [3.05, 3.63) is 42.7 Å². The molecule has 1 aliphatic rings. The number of aromatic nitrogens is 2. The standard InChI is InChI=1S/C15H18N4/c1-16-13-7-8-19(10-13)15-9-14(17-11-18-15)12-5-3-2-4-6-12/h2-6,9,11,13,16H,7-8,10H2,1H3. The number of hydrogen-bond acceptors (Lipinski definition) is 4. The van der Waals surface area contributed by atoms with Gasteiger partial charge in [0.2, 0.25) is 0 Å². The van der Waals surface area contributed by atoms with Crippen molar-refractivity contribution in [1.29, 1.82) is 0 Å². The monoisotopic (exact) mass is 254 g/mol. The van der Waals surface area contributed by atoms with Crippen molar-refractivity contribution in [3.8, 4) is 11.3 Å². The average molecular weight is 254 g/mol. The van der Waals surface area contributed by atoms with Gasteiger partial charge in [0.05, 0.1) is 5.69 Å². The summed E-state index contributed by atoms with van der Waals surface area (Å²) >= 11 is 0. The van der Waals surface area contributed by atoms with Gasteiger partial charge < -0.3 is 10.2 Å². The number of likely N-dealkylation sites (N-methyl/N-ethyl adjacent to an activating group) is 1. The molecule has 1 aromatic heterocycles. The molecule has 4 heteroatoms. The highest BCUT2D eigenvalue weighted by Gasteiger charge is 2.22. The first-order valence-electron chi connectivity index (χ1n) is 6.66. The van der Waals surface area contributed by atoms with Crippen molar-refractivity contribution < 1.29 is 0 Å². The first-order chi connectivity index (χ1) is 9.36. The SMILES string of the molecule is CNC1CCN(c2cc(-c3ccccc3)ncn2)C1. The molecule has 1 unspecified atom stereocenters. The lowest BCUT2D eigenvalue weighted by molar-refractivity contribution is 0.616. The molecule has 1 fully saturated rings. The Hall–Kier alpha value is -1.94. The van der Waals surface area contributed by atoms with Crippen LogP contribution in [0.3, 0.4) is 0 Å². The summed E-state index contributed by atoms with van der Waals surface area (Å²) in [5.41, 5.74) is 2.12. The molecule has 0 amide bonds. The predicted molar refractivity (Wildman–Crippen MR) is 77.1 cm³/mol. The summed E-state index contributed by atoms with van der Waals surface area (Å²) in [4.78, 5) is 11.1.